The van der Waals surface area contributed by atoms with Gasteiger partial charge in [0.05, 0.1) is 0 Å². The normalized spacial score (nSPS) is 12.8. The number of hydrogen-bond donors (Lipinski definition) is 0. The van der Waals surface area contributed by atoms with Crippen LogP contribution in [0.2, 0.25) is 0 Å². The summed E-state index contributed by atoms with van der Waals surface area (Å²) in [5, 5.41) is 0. The van der Waals surface area contributed by atoms with Gasteiger partial charge in [0.25, 0.3) is 0 Å². The number of rotatable bonds is 43. The first-order chi connectivity index (χ1) is 29.5. The molecule has 1 unspecified atom stereocenters. The summed E-state index contributed by atoms with van der Waals surface area (Å²) < 4.78 is 16.7. The maximum Gasteiger partial charge on any atom is 0.306 e. The quantitative estimate of drug-likeness (QED) is 0.0200. The summed E-state index contributed by atoms with van der Waals surface area (Å²) in [6.45, 7) is 6.38. The Kier molecular flexibility index (Phi) is 45.5. The van der Waals surface area contributed by atoms with Gasteiger partial charge in [0.15, 0.2) is 6.10 Å². The number of carbonyl (C=O) groups excluding carboxylic acids is 3. The van der Waals surface area contributed by atoms with Crippen molar-refractivity contribution in [1.29, 1.82) is 0 Å². The Morgan fingerprint density at radius 3 is 1.15 bits per heavy atom. The highest BCUT2D eigenvalue weighted by molar-refractivity contribution is 5.71. The van der Waals surface area contributed by atoms with Crippen molar-refractivity contribution in [3.8, 4) is 0 Å². The second kappa shape index (κ2) is 48.3. The number of esters is 3. The molecule has 0 fully saturated rings. The molecule has 0 aromatic carbocycles. The monoisotopic (exact) mass is 835 g/mol. The van der Waals surface area contributed by atoms with Crippen LogP contribution in [0.4, 0.5) is 0 Å². The zero-order valence-electron chi connectivity index (χ0n) is 38.9. The van der Waals surface area contributed by atoms with E-state index in [1.54, 1.807) is 0 Å². The lowest BCUT2D eigenvalue weighted by Crippen LogP contribution is -2.30. The van der Waals surface area contributed by atoms with E-state index in [0.717, 1.165) is 96.3 Å². The van der Waals surface area contributed by atoms with Gasteiger partial charge in [-0.25, -0.2) is 0 Å². The minimum Gasteiger partial charge on any atom is -0.462 e. The molecular formula is C54H90O6. The van der Waals surface area contributed by atoms with Crippen molar-refractivity contribution >= 4 is 17.9 Å². The predicted molar refractivity (Wildman–Crippen MR) is 256 cm³/mol. The van der Waals surface area contributed by atoms with Gasteiger partial charge in [0.1, 0.15) is 13.2 Å². The topological polar surface area (TPSA) is 78.9 Å². The van der Waals surface area contributed by atoms with Gasteiger partial charge in [-0.05, 0) is 83.5 Å². The van der Waals surface area contributed by atoms with Crippen molar-refractivity contribution in [2.24, 2.45) is 0 Å². The van der Waals surface area contributed by atoms with Gasteiger partial charge in [-0.3, -0.25) is 14.4 Å². The minimum atomic E-state index is -0.805. The summed E-state index contributed by atoms with van der Waals surface area (Å²) in [5.41, 5.74) is 0. The van der Waals surface area contributed by atoms with Crippen molar-refractivity contribution in [3.63, 3.8) is 0 Å². The maximum atomic E-state index is 12.7. The van der Waals surface area contributed by atoms with E-state index in [4.69, 9.17) is 14.2 Å². The second-order valence-electron chi connectivity index (χ2n) is 16.1. The molecule has 0 saturated carbocycles. The lowest BCUT2D eigenvalue weighted by atomic mass is 10.1. The van der Waals surface area contributed by atoms with Gasteiger partial charge in [0.2, 0.25) is 0 Å². The molecule has 6 nitrogen and oxygen atoms in total. The zero-order chi connectivity index (χ0) is 43.7. The van der Waals surface area contributed by atoms with E-state index in [-0.39, 0.29) is 37.5 Å². The van der Waals surface area contributed by atoms with E-state index in [9.17, 15) is 14.4 Å². The molecule has 6 heteroatoms. The first-order valence-corrected chi connectivity index (χ1v) is 24.7. The molecular weight excluding hydrogens is 745 g/mol. The van der Waals surface area contributed by atoms with Crippen LogP contribution < -0.4 is 0 Å². The summed E-state index contributed by atoms with van der Waals surface area (Å²) in [7, 11) is 0. The molecule has 0 aliphatic carbocycles. The molecule has 0 amide bonds. The molecule has 0 aromatic rings. The number of unbranched alkanes of at least 4 members (excludes halogenated alkanes) is 22. The Labute approximate surface area is 369 Å². The molecule has 0 N–H and O–H groups in total. The Bertz CT molecular complexity index is 1190. The van der Waals surface area contributed by atoms with Crippen LogP contribution in [0.5, 0.6) is 0 Å². The van der Waals surface area contributed by atoms with E-state index in [1.807, 2.05) is 36.5 Å². The van der Waals surface area contributed by atoms with Crippen molar-refractivity contribution in [3.05, 3.63) is 85.1 Å². The average molecular weight is 835 g/mol. The molecule has 0 rings (SSSR count). The predicted octanol–water partition coefficient (Wildman–Crippen LogP) is 16.0. The van der Waals surface area contributed by atoms with E-state index in [1.165, 1.54) is 77.0 Å². The highest BCUT2D eigenvalue weighted by Crippen LogP contribution is 2.13. The standard InChI is InChI=1S/C54H90O6/c1-4-7-10-13-16-19-22-24-25-26-27-28-30-32-35-38-41-44-47-53(56)59-50-51(49-58-52(55)46-43-40-37-34-31-21-18-15-12-9-6-3)60-54(57)48-45-42-39-36-33-29-23-20-17-14-11-8-5-2/h8,11,14-15,17-18,20,23,25-29,33,51H,4-7,9-10,12-13,16,19,21-22,24,30-32,34-50H2,1-3H3/b11-8-,17-14-,18-15-,23-20-,26-25-,28-27-,33-29-. The van der Waals surface area contributed by atoms with Crippen LogP contribution in [0.25, 0.3) is 0 Å². The van der Waals surface area contributed by atoms with Crippen molar-refractivity contribution in [1.82, 2.24) is 0 Å². The Morgan fingerprint density at radius 1 is 0.350 bits per heavy atom. The van der Waals surface area contributed by atoms with Crippen molar-refractivity contribution in [2.75, 3.05) is 13.2 Å². The van der Waals surface area contributed by atoms with Crippen molar-refractivity contribution < 1.29 is 28.6 Å². The number of allylic oxidation sites excluding steroid dienone is 14. The third-order valence-corrected chi connectivity index (χ3v) is 10.2. The number of hydrogen-bond acceptors (Lipinski definition) is 6. The molecule has 0 spiro atoms. The molecule has 342 valence electrons. The molecule has 0 bridgehead atoms. The summed E-state index contributed by atoms with van der Waals surface area (Å²) in [5.74, 6) is -0.972. The number of ether oxygens (including phenoxy) is 3. The SMILES string of the molecule is CC\C=C/C=C\C=C/C=C\CCCCCC(=O)OC(COC(=O)CCCCCCC/C=C\C=C/CCCCCCCCC)COC(=O)CCCCCCC/C=C\CCCC. The van der Waals surface area contributed by atoms with Gasteiger partial charge < -0.3 is 14.2 Å². The summed E-state index contributed by atoms with van der Waals surface area (Å²) in [6.07, 6.45) is 61.4. The van der Waals surface area contributed by atoms with Gasteiger partial charge in [-0.15, -0.1) is 0 Å². The fraction of sp³-hybridized carbons (Fsp3) is 0.685. The van der Waals surface area contributed by atoms with Crippen LogP contribution >= 0.6 is 0 Å². The highest BCUT2D eigenvalue weighted by Gasteiger charge is 2.19. The molecule has 0 aromatic heterocycles. The summed E-state index contributed by atoms with van der Waals surface area (Å²) >= 11 is 0. The summed E-state index contributed by atoms with van der Waals surface area (Å²) in [4.78, 5) is 37.8. The van der Waals surface area contributed by atoms with Gasteiger partial charge in [-0.2, -0.15) is 0 Å². The first-order valence-electron chi connectivity index (χ1n) is 24.7. The fourth-order valence-corrected chi connectivity index (χ4v) is 6.48. The minimum absolute atomic E-state index is 0.103. The molecule has 60 heavy (non-hydrogen) atoms. The number of carbonyl (C=O) groups is 3. The Hall–Kier alpha value is -3.41. The van der Waals surface area contributed by atoms with Gasteiger partial charge >= 0.3 is 17.9 Å². The van der Waals surface area contributed by atoms with Gasteiger partial charge in [0, 0.05) is 19.3 Å². The third kappa shape index (κ3) is 45.7. The molecule has 0 saturated heterocycles. The lowest BCUT2D eigenvalue weighted by Gasteiger charge is -2.18. The smallest absolute Gasteiger partial charge is 0.306 e. The maximum absolute atomic E-state index is 12.7. The molecule has 0 aliphatic rings. The molecule has 0 heterocycles. The molecule has 0 aliphatic heterocycles. The van der Waals surface area contributed by atoms with Crippen LogP contribution in [0, 0.1) is 0 Å². The van der Waals surface area contributed by atoms with Crippen LogP contribution in [0.3, 0.4) is 0 Å². The second-order valence-corrected chi connectivity index (χ2v) is 16.1. The molecule has 1 atom stereocenters. The largest absolute Gasteiger partial charge is 0.462 e. The van der Waals surface area contributed by atoms with Crippen LogP contribution in [0.15, 0.2) is 85.1 Å². The fourth-order valence-electron chi connectivity index (χ4n) is 6.48. The van der Waals surface area contributed by atoms with Crippen LogP contribution in [0.1, 0.15) is 220 Å². The Balaban J connectivity index is 4.45. The third-order valence-electron chi connectivity index (χ3n) is 10.2. The average Bonchev–Trinajstić information content (AvgIpc) is 3.24. The van der Waals surface area contributed by atoms with Crippen LogP contribution in [-0.2, 0) is 28.6 Å². The highest BCUT2D eigenvalue weighted by atomic mass is 16.6. The molecule has 0 radical (unpaired) electrons. The van der Waals surface area contributed by atoms with E-state index in [0.29, 0.717) is 19.3 Å². The van der Waals surface area contributed by atoms with Gasteiger partial charge in [-0.1, -0.05) is 202 Å². The van der Waals surface area contributed by atoms with E-state index >= 15 is 0 Å². The Morgan fingerprint density at radius 2 is 0.683 bits per heavy atom. The van der Waals surface area contributed by atoms with Crippen LogP contribution in [-0.4, -0.2) is 37.2 Å². The zero-order valence-corrected chi connectivity index (χ0v) is 38.9. The first kappa shape index (κ1) is 56.6. The van der Waals surface area contributed by atoms with Crippen molar-refractivity contribution in [2.45, 2.75) is 226 Å². The summed E-state index contributed by atoms with van der Waals surface area (Å²) in [6, 6.07) is 0. The lowest BCUT2D eigenvalue weighted by molar-refractivity contribution is -0.167. The van der Waals surface area contributed by atoms with E-state index in [2.05, 4.69) is 69.4 Å². The van der Waals surface area contributed by atoms with E-state index < -0.39 is 6.10 Å².